The third-order valence-electron chi connectivity index (χ3n) is 3.95. The van der Waals surface area contributed by atoms with Gasteiger partial charge in [-0.15, -0.1) is 0 Å². The van der Waals surface area contributed by atoms with Crippen LogP contribution in [0.2, 0.25) is 0 Å². The summed E-state index contributed by atoms with van der Waals surface area (Å²) in [6.07, 6.45) is 2.54. The summed E-state index contributed by atoms with van der Waals surface area (Å²) in [5.41, 5.74) is 0.994. The summed E-state index contributed by atoms with van der Waals surface area (Å²) in [6, 6.07) is 10.5. The fraction of sp³-hybridized carbons (Fsp3) is 0.500. The SMILES string of the molecule is CCN(Cc1nc(-c2ccccc2)no1)CC1CCCN1. The number of nitrogens with zero attached hydrogens (tertiary/aromatic N) is 3. The van der Waals surface area contributed by atoms with E-state index in [0.29, 0.717) is 24.3 Å². The number of hydrogen-bond donors (Lipinski definition) is 1. The first kappa shape index (κ1) is 14.2. The lowest BCUT2D eigenvalue weighted by atomic mass is 10.2. The van der Waals surface area contributed by atoms with E-state index in [1.54, 1.807) is 0 Å². The van der Waals surface area contributed by atoms with Crippen molar-refractivity contribution in [1.29, 1.82) is 0 Å². The van der Waals surface area contributed by atoms with Crippen molar-refractivity contribution in [2.75, 3.05) is 19.6 Å². The van der Waals surface area contributed by atoms with Crippen LogP contribution in [0.15, 0.2) is 34.9 Å². The van der Waals surface area contributed by atoms with E-state index in [9.17, 15) is 0 Å². The van der Waals surface area contributed by atoms with Gasteiger partial charge in [0.2, 0.25) is 11.7 Å². The average Bonchev–Trinajstić information content (AvgIpc) is 3.19. The predicted octanol–water partition coefficient (Wildman–Crippen LogP) is 2.31. The van der Waals surface area contributed by atoms with Crippen molar-refractivity contribution in [2.45, 2.75) is 32.4 Å². The van der Waals surface area contributed by atoms with Crippen molar-refractivity contribution in [2.24, 2.45) is 0 Å². The molecule has 1 saturated heterocycles. The molecular weight excluding hydrogens is 264 g/mol. The molecule has 3 rings (SSSR count). The minimum atomic E-state index is 0.599. The monoisotopic (exact) mass is 286 g/mol. The first-order valence-corrected chi connectivity index (χ1v) is 7.69. The van der Waals surface area contributed by atoms with Crippen LogP contribution in [0, 0.1) is 0 Å². The molecule has 5 heteroatoms. The lowest BCUT2D eigenvalue weighted by Crippen LogP contribution is -2.37. The summed E-state index contributed by atoms with van der Waals surface area (Å²) < 4.78 is 5.39. The fourth-order valence-electron chi connectivity index (χ4n) is 2.74. The van der Waals surface area contributed by atoms with Gasteiger partial charge in [-0.05, 0) is 25.9 Å². The molecule has 1 aromatic carbocycles. The lowest BCUT2D eigenvalue weighted by molar-refractivity contribution is 0.219. The molecule has 1 unspecified atom stereocenters. The minimum absolute atomic E-state index is 0.599. The summed E-state index contributed by atoms with van der Waals surface area (Å²) in [5.74, 6) is 1.36. The van der Waals surface area contributed by atoms with Gasteiger partial charge in [-0.25, -0.2) is 0 Å². The van der Waals surface area contributed by atoms with Crippen LogP contribution in [0.25, 0.3) is 11.4 Å². The minimum Gasteiger partial charge on any atom is -0.338 e. The highest BCUT2D eigenvalue weighted by atomic mass is 16.5. The number of likely N-dealkylation sites (N-methyl/N-ethyl adjacent to an activating group) is 1. The van der Waals surface area contributed by atoms with Crippen molar-refractivity contribution < 1.29 is 4.52 Å². The van der Waals surface area contributed by atoms with Crippen LogP contribution < -0.4 is 5.32 Å². The average molecular weight is 286 g/mol. The van der Waals surface area contributed by atoms with Crippen molar-refractivity contribution in [3.63, 3.8) is 0 Å². The molecule has 1 atom stereocenters. The molecule has 0 aliphatic carbocycles. The predicted molar refractivity (Wildman–Crippen MR) is 81.7 cm³/mol. The zero-order chi connectivity index (χ0) is 14.5. The molecule has 1 aliphatic heterocycles. The second kappa shape index (κ2) is 6.83. The van der Waals surface area contributed by atoms with Crippen LogP contribution >= 0.6 is 0 Å². The Hall–Kier alpha value is -1.72. The Kier molecular flexibility index (Phi) is 4.62. The summed E-state index contributed by atoms with van der Waals surface area (Å²) >= 11 is 0. The molecule has 21 heavy (non-hydrogen) atoms. The van der Waals surface area contributed by atoms with Crippen molar-refractivity contribution >= 4 is 0 Å². The normalized spacial score (nSPS) is 18.5. The van der Waals surface area contributed by atoms with Crippen LogP contribution in [0.1, 0.15) is 25.7 Å². The van der Waals surface area contributed by atoms with Gasteiger partial charge >= 0.3 is 0 Å². The number of benzene rings is 1. The molecule has 0 radical (unpaired) electrons. The molecule has 1 aromatic heterocycles. The van der Waals surface area contributed by atoms with E-state index in [4.69, 9.17) is 4.52 Å². The Balaban J connectivity index is 1.62. The highest BCUT2D eigenvalue weighted by Crippen LogP contribution is 2.16. The smallest absolute Gasteiger partial charge is 0.241 e. The van der Waals surface area contributed by atoms with Gasteiger partial charge < -0.3 is 9.84 Å². The topological polar surface area (TPSA) is 54.2 Å². The second-order valence-corrected chi connectivity index (χ2v) is 5.50. The largest absolute Gasteiger partial charge is 0.338 e. The zero-order valence-electron chi connectivity index (χ0n) is 12.5. The highest BCUT2D eigenvalue weighted by molar-refractivity contribution is 5.53. The molecule has 1 N–H and O–H groups in total. The Labute approximate surface area is 125 Å². The van der Waals surface area contributed by atoms with Gasteiger partial charge in [-0.1, -0.05) is 42.4 Å². The zero-order valence-corrected chi connectivity index (χ0v) is 12.5. The summed E-state index contributed by atoms with van der Waals surface area (Å²) in [7, 11) is 0. The third kappa shape index (κ3) is 3.68. The Morgan fingerprint density at radius 3 is 2.90 bits per heavy atom. The van der Waals surface area contributed by atoms with E-state index in [0.717, 1.165) is 25.2 Å². The molecule has 1 fully saturated rings. The Morgan fingerprint density at radius 2 is 2.19 bits per heavy atom. The van der Waals surface area contributed by atoms with E-state index in [2.05, 4.69) is 27.3 Å². The molecule has 0 bridgehead atoms. The van der Waals surface area contributed by atoms with Crippen LogP contribution in [0.3, 0.4) is 0 Å². The molecule has 112 valence electrons. The van der Waals surface area contributed by atoms with E-state index in [1.165, 1.54) is 12.8 Å². The van der Waals surface area contributed by atoms with Gasteiger partial charge in [-0.2, -0.15) is 4.98 Å². The molecule has 0 saturated carbocycles. The van der Waals surface area contributed by atoms with E-state index >= 15 is 0 Å². The van der Waals surface area contributed by atoms with E-state index in [-0.39, 0.29) is 0 Å². The van der Waals surface area contributed by atoms with Gasteiger partial charge in [0.05, 0.1) is 6.54 Å². The van der Waals surface area contributed by atoms with Crippen LogP contribution in [-0.4, -0.2) is 40.7 Å². The van der Waals surface area contributed by atoms with Crippen LogP contribution in [-0.2, 0) is 6.54 Å². The van der Waals surface area contributed by atoms with Gasteiger partial charge in [0.1, 0.15) is 0 Å². The molecule has 0 spiro atoms. The molecule has 2 aromatic rings. The number of aromatic nitrogens is 2. The Morgan fingerprint density at radius 1 is 1.33 bits per heavy atom. The van der Waals surface area contributed by atoms with Crippen LogP contribution in [0.4, 0.5) is 0 Å². The maximum absolute atomic E-state index is 5.39. The quantitative estimate of drug-likeness (QED) is 0.883. The molecule has 2 heterocycles. The number of hydrogen-bond acceptors (Lipinski definition) is 5. The van der Waals surface area contributed by atoms with Gasteiger partial charge in [0.15, 0.2) is 0 Å². The summed E-state index contributed by atoms with van der Waals surface area (Å²) in [4.78, 5) is 6.86. The lowest BCUT2D eigenvalue weighted by Gasteiger charge is -2.22. The van der Waals surface area contributed by atoms with Gasteiger partial charge in [0, 0.05) is 18.2 Å². The summed E-state index contributed by atoms with van der Waals surface area (Å²) in [5, 5.41) is 7.61. The number of rotatable bonds is 6. The van der Waals surface area contributed by atoms with E-state index < -0.39 is 0 Å². The third-order valence-corrected chi connectivity index (χ3v) is 3.95. The summed E-state index contributed by atoms with van der Waals surface area (Å²) in [6.45, 7) is 6.06. The first-order chi connectivity index (χ1) is 10.3. The van der Waals surface area contributed by atoms with Gasteiger partial charge in [-0.3, -0.25) is 4.90 Å². The standard InChI is InChI=1S/C16H22N4O/c1-2-20(11-14-9-6-10-17-14)12-15-18-16(19-21-15)13-7-4-3-5-8-13/h3-5,7-8,14,17H,2,6,9-12H2,1H3. The van der Waals surface area contributed by atoms with E-state index in [1.807, 2.05) is 30.3 Å². The molecule has 1 aliphatic rings. The Bertz CT molecular complexity index is 548. The maximum atomic E-state index is 5.39. The first-order valence-electron chi connectivity index (χ1n) is 7.69. The van der Waals surface area contributed by atoms with Crippen molar-refractivity contribution in [1.82, 2.24) is 20.4 Å². The molecular formula is C16H22N4O. The van der Waals surface area contributed by atoms with Crippen LogP contribution in [0.5, 0.6) is 0 Å². The van der Waals surface area contributed by atoms with Crippen molar-refractivity contribution in [3.8, 4) is 11.4 Å². The van der Waals surface area contributed by atoms with Gasteiger partial charge in [0.25, 0.3) is 0 Å². The fourth-order valence-corrected chi connectivity index (χ4v) is 2.74. The number of nitrogens with one attached hydrogen (secondary N) is 1. The maximum Gasteiger partial charge on any atom is 0.241 e. The molecule has 0 amide bonds. The second-order valence-electron chi connectivity index (χ2n) is 5.50. The van der Waals surface area contributed by atoms with Crippen molar-refractivity contribution in [3.05, 3.63) is 36.2 Å². The highest BCUT2D eigenvalue weighted by Gasteiger charge is 2.19. The molecule has 5 nitrogen and oxygen atoms in total.